The van der Waals surface area contributed by atoms with Gasteiger partial charge < -0.3 is 4.90 Å². The quantitative estimate of drug-likeness (QED) is 0.814. The Morgan fingerprint density at radius 3 is 2.26 bits per heavy atom. The van der Waals surface area contributed by atoms with E-state index in [4.69, 9.17) is 0 Å². The number of piperazine rings is 1. The maximum Gasteiger partial charge on any atom is 0.471 e. The molecule has 1 fully saturated rings. The molecule has 0 saturated carbocycles. The minimum absolute atomic E-state index is 0.115. The van der Waals surface area contributed by atoms with Crippen molar-refractivity contribution in [3.05, 3.63) is 30.1 Å². The molecule has 4 nitrogen and oxygen atoms in total. The van der Waals surface area contributed by atoms with Crippen LogP contribution in [0.5, 0.6) is 0 Å². The van der Waals surface area contributed by atoms with Crippen molar-refractivity contribution in [3.8, 4) is 0 Å². The molecule has 7 heteroatoms. The van der Waals surface area contributed by atoms with Crippen LogP contribution in [-0.4, -0.2) is 53.0 Å². The van der Waals surface area contributed by atoms with Crippen LogP contribution in [0.4, 0.5) is 13.2 Å². The fourth-order valence-electron chi connectivity index (χ4n) is 2.03. The Balaban J connectivity index is 1.85. The topological polar surface area (TPSA) is 36.4 Å². The molecular weight excluding hydrogens is 259 g/mol. The smallest absolute Gasteiger partial charge is 0.332 e. The molecule has 2 heterocycles. The number of aromatic nitrogens is 1. The summed E-state index contributed by atoms with van der Waals surface area (Å²) in [5, 5.41) is 0. The second-order valence-corrected chi connectivity index (χ2v) is 4.42. The Morgan fingerprint density at radius 1 is 1.16 bits per heavy atom. The van der Waals surface area contributed by atoms with E-state index in [0.29, 0.717) is 19.6 Å². The van der Waals surface area contributed by atoms with E-state index in [-0.39, 0.29) is 13.1 Å². The van der Waals surface area contributed by atoms with E-state index in [1.807, 2.05) is 17.0 Å². The Hall–Kier alpha value is -1.63. The lowest BCUT2D eigenvalue weighted by molar-refractivity contribution is -0.187. The average Bonchev–Trinajstić information content (AvgIpc) is 2.39. The van der Waals surface area contributed by atoms with Crippen molar-refractivity contribution in [3.63, 3.8) is 0 Å². The Morgan fingerprint density at radius 2 is 1.74 bits per heavy atom. The predicted molar refractivity (Wildman–Crippen MR) is 62.1 cm³/mol. The van der Waals surface area contributed by atoms with Gasteiger partial charge in [-0.15, -0.1) is 0 Å². The molecule has 0 atom stereocenters. The molecule has 1 aromatic heterocycles. The first-order valence-corrected chi connectivity index (χ1v) is 5.94. The van der Waals surface area contributed by atoms with Gasteiger partial charge in [0.25, 0.3) is 0 Å². The molecule has 0 aliphatic carbocycles. The van der Waals surface area contributed by atoms with Gasteiger partial charge in [-0.05, 0) is 17.7 Å². The summed E-state index contributed by atoms with van der Waals surface area (Å²) in [4.78, 5) is 17.9. The zero-order chi connectivity index (χ0) is 13.9. The van der Waals surface area contributed by atoms with Gasteiger partial charge in [0, 0.05) is 45.1 Å². The Kier molecular flexibility index (Phi) is 4.04. The van der Waals surface area contributed by atoms with Gasteiger partial charge in [0.05, 0.1) is 0 Å². The van der Waals surface area contributed by atoms with Crippen LogP contribution in [0.25, 0.3) is 0 Å². The number of halogens is 3. The van der Waals surface area contributed by atoms with Gasteiger partial charge in [0.2, 0.25) is 0 Å². The molecular formula is C12H14F3N3O. The second-order valence-electron chi connectivity index (χ2n) is 4.42. The first kappa shape index (κ1) is 13.8. The van der Waals surface area contributed by atoms with E-state index >= 15 is 0 Å². The predicted octanol–water partition coefficient (Wildman–Crippen LogP) is 1.29. The van der Waals surface area contributed by atoms with Crippen LogP contribution in [0.1, 0.15) is 5.56 Å². The fraction of sp³-hybridized carbons (Fsp3) is 0.500. The average molecular weight is 273 g/mol. The van der Waals surface area contributed by atoms with Gasteiger partial charge in [0.15, 0.2) is 0 Å². The highest BCUT2D eigenvalue weighted by Gasteiger charge is 2.43. The van der Waals surface area contributed by atoms with Gasteiger partial charge in [-0.2, -0.15) is 13.2 Å². The fourth-order valence-corrected chi connectivity index (χ4v) is 2.03. The summed E-state index contributed by atoms with van der Waals surface area (Å²) in [7, 11) is 0. The van der Waals surface area contributed by atoms with Gasteiger partial charge in [-0.1, -0.05) is 0 Å². The van der Waals surface area contributed by atoms with Gasteiger partial charge >= 0.3 is 12.1 Å². The van der Waals surface area contributed by atoms with E-state index in [1.165, 1.54) is 0 Å². The third-order valence-corrected chi connectivity index (χ3v) is 3.06. The van der Waals surface area contributed by atoms with Gasteiger partial charge in [-0.3, -0.25) is 14.7 Å². The summed E-state index contributed by atoms with van der Waals surface area (Å²) < 4.78 is 36.8. The monoisotopic (exact) mass is 273 g/mol. The summed E-state index contributed by atoms with van der Waals surface area (Å²) in [5.41, 5.74) is 1.06. The van der Waals surface area contributed by atoms with E-state index in [1.54, 1.807) is 12.4 Å². The second kappa shape index (κ2) is 5.56. The van der Waals surface area contributed by atoms with Crippen molar-refractivity contribution in [2.24, 2.45) is 0 Å². The van der Waals surface area contributed by atoms with Crippen LogP contribution in [0.15, 0.2) is 24.5 Å². The molecule has 1 aliphatic heterocycles. The number of nitrogens with zero attached hydrogens (tertiary/aromatic N) is 3. The van der Waals surface area contributed by atoms with Crippen molar-refractivity contribution in [1.29, 1.82) is 0 Å². The summed E-state index contributed by atoms with van der Waals surface area (Å²) in [6, 6.07) is 3.74. The number of amides is 1. The van der Waals surface area contributed by atoms with E-state index in [2.05, 4.69) is 4.98 Å². The highest BCUT2D eigenvalue weighted by molar-refractivity contribution is 5.81. The third kappa shape index (κ3) is 3.66. The number of hydrogen-bond acceptors (Lipinski definition) is 3. The van der Waals surface area contributed by atoms with Crippen molar-refractivity contribution in [2.45, 2.75) is 12.7 Å². The lowest BCUT2D eigenvalue weighted by atomic mass is 10.2. The highest BCUT2D eigenvalue weighted by atomic mass is 19.4. The molecule has 19 heavy (non-hydrogen) atoms. The number of carbonyl (C=O) groups is 1. The number of carbonyl (C=O) groups excluding carboxylic acids is 1. The first-order valence-electron chi connectivity index (χ1n) is 5.94. The van der Waals surface area contributed by atoms with Crippen LogP contribution < -0.4 is 0 Å². The normalized spacial score (nSPS) is 17.5. The molecule has 1 amide bonds. The van der Waals surface area contributed by atoms with Crippen molar-refractivity contribution in [2.75, 3.05) is 26.2 Å². The molecule has 0 radical (unpaired) electrons. The minimum atomic E-state index is -4.77. The summed E-state index contributed by atoms with van der Waals surface area (Å²) in [6.45, 7) is 1.79. The number of hydrogen-bond donors (Lipinski definition) is 0. The third-order valence-electron chi connectivity index (χ3n) is 3.06. The summed E-state index contributed by atoms with van der Waals surface area (Å²) >= 11 is 0. The number of alkyl halides is 3. The maximum absolute atomic E-state index is 12.3. The first-order chi connectivity index (χ1) is 8.97. The van der Waals surface area contributed by atoms with Crippen LogP contribution in [0.2, 0.25) is 0 Å². The molecule has 0 bridgehead atoms. The molecule has 0 N–H and O–H groups in total. The van der Waals surface area contributed by atoms with Crippen molar-refractivity contribution in [1.82, 2.24) is 14.8 Å². The number of pyridine rings is 1. The SMILES string of the molecule is O=C(N1CCN(Cc2ccncc2)CC1)C(F)(F)F. The molecule has 1 aromatic rings. The Labute approximate surface area is 108 Å². The lowest BCUT2D eigenvalue weighted by Crippen LogP contribution is -2.52. The van der Waals surface area contributed by atoms with Gasteiger partial charge in [0.1, 0.15) is 0 Å². The molecule has 0 spiro atoms. The van der Waals surface area contributed by atoms with E-state index in [0.717, 1.165) is 10.5 Å². The van der Waals surface area contributed by atoms with Crippen molar-refractivity contribution < 1.29 is 18.0 Å². The summed E-state index contributed by atoms with van der Waals surface area (Å²) in [6.07, 6.45) is -1.41. The van der Waals surface area contributed by atoms with Crippen LogP contribution in [0.3, 0.4) is 0 Å². The minimum Gasteiger partial charge on any atom is -0.332 e. The van der Waals surface area contributed by atoms with Crippen molar-refractivity contribution >= 4 is 5.91 Å². The molecule has 1 saturated heterocycles. The van der Waals surface area contributed by atoms with E-state index in [9.17, 15) is 18.0 Å². The lowest BCUT2D eigenvalue weighted by Gasteiger charge is -2.34. The standard InChI is InChI=1S/C12H14F3N3O/c13-12(14,15)11(19)18-7-5-17(6-8-18)9-10-1-3-16-4-2-10/h1-4H,5-9H2. The van der Waals surface area contributed by atoms with Crippen LogP contribution >= 0.6 is 0 Å². The van der Waals surface area contributed by atoms with E-state index < -0.39 is 12.1 Å². The summed E-state index contributed by atoms with van der Waals surface area (Å²) in [5.74, 6) is -1.74. The number of rotatable bonds is 2. The maximum atomic E-state index is 12.3. The highest BCUT2D eigenvalue weighted by Crippen LogP contribution is 2.19. The molecule has 104 valence electrons. The zero-order valence-corrected chi connectivity index (χ0v) is 10.2. The Bertz CT molecular complexity index is 428. The van der Waals surface area contributed by atoms with Crippen LogP contribution in [-0.2, 0) is 11.3 Å². The van der Waals surface area contributed by atoms with Crippen LogP contribution in [0, 0.1) is 0 Å². The zero-order valence-electron chi connectivity index (χ0n) is 10.2. The molecule has 2 rings (SSSR count). The molecule has 0 unspecified atom stereocenters. The van der Waals surface area contributed by atoms with Gasteiger partial charge in [-0.25, -0.2) is 0 Å². The molecule has 0 aromatic carbocycles. The largest absolute Gasteiger partial charge is 0.471 e. The molecule has 1 aliphatic rings.